The predicted octanol–water partition coefficient (Wildman–Crippen LogP) is 3.15. The Bertz CT molecular complexity index is 404. The zero-order valence-electron chi connectivity index (χ0n) is 9.58. The van der Waals surface area contributed by atoms with Gasteiger partial charge in [0.05, 0.1) is 6.61 Å². The third-order valence-electron chi connectivity index (χ3n) is 2.86. The highest BCUT2D eigenvalue weighted by Gasteiger charge is 2.17. The molecule has 16 heavy (non-hydrogen) atoms. The fourth-order valence-corrected chi connectivity index (χ4v) is 2.09. The molecule has 86 valence electrons. The number of H-pyrrole nitrogens is 1. The van der Waals surface area contributed by atoms with Gasteiger partial charge in [-0.3, -0.25) is 0 Å². The van der Waals surface area contributed by atoms with Gasteiger partial charge in [0.1, 0.15) is 5.69 Å². The first-order valence-electron chi connectivity index (χ1n) is 5.87. The summed E-state index contributed by atoms with van der Waals surface area (Å²) in [6.07, 6.45) is 8.67. The van der Waals surface area contributed by atoms with Crippen LogP contribution in [0, 0.1) is 0 Å². The molecule has 1 aromatic heterocycles. The fraction of sp³-hybridized carbons (Fsp3) is 0.462. The van der Waals surface area contributed by atoms with Crippen LogP contribution >= 0.6 is 0 Å². The fourth-order valence-electron chi connectivity index (χ4n) is 2.09. The van der Waals surface area contributed by atoms with E-state index >= 15 is 0 Å². The van der Waals surface area contributed by atoms with E-state index in [9.17, 15) is 4.79 Å². The zero-order valence-corrected chi connectivity index (χ0v) is 9.58. The van der Waals surface area contributed by atoms with Crippen LogP contribution in [0.4, 0.5) is 0 Å². The largest absolute Gasteiger partial charge is 0.461 e. The van der Waals surface area contributed by atoms with Crippen LogP contribution in [-0.4, -0.2) is 17.6 Å². The van der Waals surface area contributed by atoms with Gasteiger partial charge in [-0.25, -0.2) is 4.79 Å². The predicted molar refractivity (Wildman–Crippen MR) is 63.2 cm³/mol. The molecule has 0 saturated carbocycles. The SMILES string of the molecule is CCOC(=O)c1[nH]ccc1C1=CCCCC1. The van der Waals surface area contributed by atoms with E-state index in [1.807, 2.05) is 13.0 Å². The number of carbonyl (C=O) groups excluding carboxylic acids is 1. The van der Waals surface area contributed by atoms with Crippen molar-refractivity contribution in [2.75, 3.05) is 6.61 Å². The second kappa shape index (κ2) is 5.01. The van der Waals surface area contributed by atoms with E-state index in [4.69, 9.17) is 4.74 Å². The van der Waals surface area contributed by atoms with Crippen molar-refractivity contribution >= 4 is 11.5 Å². The number of hydrogen-bond donors (Lipinski definition) is 1. The number of esters is 1. The molecule has 1 aliphatic rings. The minimum Gasteiger partial charge on any atom is -0.461 e. The van der Waals surface area contributed by atoms with Crippen LogP contribution in [0.1, 0.15) is 48.7 Å². The van der Waals surface area contributed by atoms with E-state index in [1.54, 1.807) is 6.20 Å². The maximum atomic E-state index is 11.7. The summed E-state index contributed by atoms with van der Waals surface area (Å²) in [6, 6.07) is 1.96. The number of allylic oxidation sites excluding steroid dienone is 2. The molecular weight excluding hydrogens is 202 g/mol. The highest BCUT2D eigenvalue weighted by molar-refractivity contribution is 5.93. The number of ether oxygens (including phenoxy) is 1. The van der Waals surface area contributed by atoms with Gasteiger partial charge in [0.15, 0.2) is 0 Å². The van der Waals surface area contributed by atoms with E-state index < -0.39 is 0 Å². The van der Waals surface area contributed by atoms with Crippen molar-refractivity contribution in [3.63, 3.8) is 0 Å². The first-order chi connectivity index (χ1) is 7.83. The molecule has 3 nitrogen and oxygen atoms in total. The lowest BCUT2D eigenvalue weighted by Gasteiger charge is -2.12. The Morgan fingerprint density at radius 2 is 2.38 bits per heavy atom. The average Bonchev–Trinajstić information content (AvgIpc) is 2.79. The van der Waals surface area contributed by atoms with Crippen LogP contribution in [0.25, 0.3) is 5.57 Å². The van der Waals surface area contributed by atoms with Gasteiger partial charge in [-0.2, -0.15) is 0 Å². The summed E-state index contributed by atoms with van der Waals surface area (Å²) >= 11 is 0. The third-order valence-corrected chi connectivity index (χ3v) is 2.86. The monoisotopic (exact) mass is 219 g/mol. The smallest absolute Gasteiger partial charge is 0.355 e. The molecule has 1 aliphatic carbocycles. The molecule has 3 heteroatoms. The third kappa shape index (κ3) is 2.18. The Morgan fingerprint density at radius 1 is 1.50 bits per heavy atom. The number of aromatic nitrogens is 1. The van der Waals surface area contributed by atoms with Crippen LogP contribution in [-0.2, 0) is 4.74 Å². The minimum absolute atomic E-state index is 0.256. The van der Waals surface area contributed by atoms with Gasteiger partial charge >= 0.3 is 5.97 Å². The molecule has 1 N–H and O–H groups in total. The summed E-state index contributed by atoms with van der Waals surface area (Å²) in [4.78, 5) is 14.7. The van der Waals surface area contributed by atoms with Crippen molar-refractivity contribution in [3.05, 3.63) is 29.6 Å². The summed E-state index contributed by atoms with van der Waals surface area (Å²) in [7, 11) is 0. The molecule has 0 unspecified atom stereocenters. The van der Waals surface area contributed by atoms with Crippen molar-refractivity contribution in [1.82, 2.24) is 4.98 Å². The molecule has 0 bridgehead atoms. The Balaban J connectivity index is 2.24. The first-order valence-corrected chi connectivity index (χ1v) is 5.87. The number of hydrogen-bond acceptors (Lipinski definition) is 2. The highest BCUT2D eigenvalue weighted by Crippen LogP contribution is 2.28. The number of nitrogens with one attached hydrogen (secondary N) is 1. The van der Waals surface area contributed by atoms with E-state index in [0.717, 1.165) is 18.4 Å². The lowest BCUT2D eigenvalue weighted by molar-refractivity contribution is 0.0520. The van der Waals surface area contributed by atoms with Crippen LogP contribution in [0.5, 0.6) is 0 Å². The molecule has 0 aromatic carbocycles. The minimum atomic E-state index is -0.256. The summed E-state index contributed by atoms with van der Waals surface area (Å²) in [5.41, 5.74) is 2.88. The molecular formula is C13H17NO2. The topological polar surface area (TPSA) is 42.1 Å². The summed E-state index contributed by atoms with van der Waals surface area (Å²) in [6.45, 7) is 2.23. The average molecular weight is 219 g/mol. The second-order valence-corrected chi connectivity index (χ2v) is 3.96. The van der Waals surface area contributed by atoms with Gasteiger partial charge in [-0.15, -0.1) is 0 Å². The molecule has 0 fully saturated rings. The van der Waals surface area contributed by atoms with Crippen molar-refractivity contribution < 1.29 is 9.53 Å². The Hall–Kier alpha value is -1.51. The molecule has 0 aliphatic heterocycles. The molecule has 0 radical (unpaired) electrons. The van der Waals surface area contributed by atoms with Crippen LogP contribution in [0.15, 0.2) is 18.3 Å². The standard InChI is InChI=1S/C13H17NO2/c1-2-16-13(15)12-11(8-9-14-12)10-6-4-3-5-7-10/h6,8-9,14H,2-5,7H2,1H3. The number of carbonyl (C=O) groups is 1. The van der Waals surface area contributed by atoms with E-state index in [-0.39, 0.29) is 5.97 Å². The number of rotatable bonds is 3. The van der Waals surface area contributed by atoms with Gasteiger partial charge in [-0.1, -0.05) is 6.08 Å². The van der Waals surface area contributed by atoms with Gasteiger partial charge in [0, 0.05) is 11.8 Å². The van der Waals surface area contributed by atoms with Crippen molar-refractivity contribution in [2.24, 2.45) is 0 Å². The molecule has 1 heterocycles. The molecule has 0 spiro atoms. The highest BCUT2D eigenvalue weighted by atomic mass is 16.5. The van der Waals surface area contributed by atoms with Crippen LogP contribution < -0.4 is 0 Å². The molecule has 0 atom stereocenters. The number of aromatic amines is 1. The van der Waals surface area contributed by atoms with Crippen molar-refractivity contribution in [2.45, 2.75) is 32.6 Å². The van der Waals surface area contributed by atoms with E-state index in [1.165, 1.54) is 18.4 Å². The Kier molecular flexibility index (Phi) is 3.44. The van der Waals surface area contributed by atoms with E-state index in [2.05, 4.69) is 11.1 Å². The lowest BCUT2D eigenvalue weighted by atomic mass is 9.94. The summed E-state index contributed by atoms with van der Waals surface area (Å²) in [5.74, 6) is -0.256. The van der Waals surface area contributed by atoms with Crippen molar-refractivity contribution in [3.8, 4) is 0 Å². The normalized spacial score (nSPS) is 15.7. The zero-order chi connectivity index (χ0) is 11.4. The van der Waals surface area contributed by atoms with Crippen LogP contribution in [0.2, 0.25) is 0 Å². The Morgan fingerprint density at radius 3 is 3.06 bits per heavy atom. The summed E-state index contributed by atoms with van der Waals surface area (Å²) < 4.78 is 5.02. The molecule has 0 amide bonds. The van der Waals surface area contributed by atoms with Gasteiger partial charge in [0.2, 0.25) is 0 Å². The van der Waals surface area contributed by atoms with E-state index in [0.29, 0.717) is 12.3 Å². The van der Waals surface area contributed by atoms with Gasteiger partial charge < -0.3 is 9.72 Å². The molecule has 1 aromatic rings. The molecule has 0 saturated heterocycles. The van der Waals surface area contributed by atoms with Gasteiger partial charge in [-0.05, 0) is 44.2 Å². The first kappa shape index (κ1) is 11.0. The Labute approximate surface area is 95.5 Å². The summed E-state index contributed by atoms with van der Waals surface area (Å²) in [5, 5.41) is 0. The van der Waals surface area contributed by atoms with Gasteiger partial charge in [0.25, 0.3) is 0 Å². The lowest BCUT2D eigenvalue weighted by Crippen LogP contribution is -2.08. The maximum Gasteiger partial charge on any atom is 0.355 e. The quantitative estimate of drug-likeness (QED) is 0.793. The van der Waals surface area contributed by atoms with Crippen LogP contribution in [0.3, 0.4) is 0 Å². The maximum absolute atomic E-state index is 11.7. The second-order valence-electron chi connectivity index (χ2n) is 3.96. The van der Waals surface area contributed by atoms with Crippen molar-refractivity contribution in [1.29, 1.82) is 0 Å². The molecule has 2 rings (SSSR count).